The minimum absolute atomic E-state index is 0.255. The number of alkyl halides is 3. The van der Waals surface area contributed by atoms with E-state index in [9.17, 15) is 18.0 Å². The number of carbonyl (C=O) groups is 1. The molecule has 0 fully saturated rings. The molecule has 1 atom stereocenters. The average molecular weight is 398 g/mol. The molecule has 1 unspecified atom stereocenters. The zero-order chi connectivity index (χ0) is 20.9. The van der Waals surface area contributed by atoms with Gasteiger partial charge in [0.05, 0.1) is 23.3 Å². The number of carbonyl (C=O) groups excluding carboxylic acids is 1. The number of anilines is 1. The molecule has 0 aliphatic heterocycles. The Kier molecular flexibility index (Phi) is 6.34. The fourth-order valence-electron chi connectivity index (χ4n) is 3.08. The minimum atomic E-state index is -4.54. The summed E-state index contributed by atoms with van der Waals surface area (Å²) in [4.78, 5) is 12.6. The van der Waals surface area contributed by atoms with Gasteiger partial charge in [-0.3, -0.25) is 10.1 Å². The fourth-order valence-corrected chi connectivity index (χ4v) is 3.08. The second-order valence-electron chi connectivity index (χ2n) is 6.68. The van der Waals surface area contributed by atoms with Crippen molar-refractivity contribution < 1.29 is 18.0 Å². The van der Waals surface area contributed by atoms with E-state index in [1.165, 1.54) is 18.2 Å². The Morgan fingerprint density at radius 2 is 1.28 bits per heavy atom. The number of para-hydroxylation sites is 1. The first kappa shape index (κ1) is 20.6. The van der Waals surface area contributed by atoms with Crippen LogP contribution in [0.15, 0.2) is 84.9 Å². The Morgan fingerprint density at radius 3 is 1.79 bits per heavy atom. The van der Waals surface area contributed by atoms with Crippen molar-refractivity contribution in [3.05, 3.63) is 102 Å². The number of hydrogen-bond donors (Lipinski definition) is 2. The molecule has 29 heavy (non-hydrogen) atoms. The third-order valence-corrected chi connectivity index (χ3v) is 4.57. The molecule has 6 heteroatoms. The van der Waals surface area contributed by atoms with Gasteiger partial charge in [0.25, 0.3) is 0 Å². The molecule has 0 aliphatic rings. The second-order valence-corrected chi connectivity index (χ2v) is 6.68. The number of hydrogen-bond acceptors (Lipinski definition) is 2. The predicted molar refractivity (Wildman–Crippen MR) is 107 cm³/mol. The quantitative estimate of drug-likeness (QED) is 0.583. The number of amides is 1. The summed E-state index contributed by atoms with van der Waals surface area (Å²) >= 11 is 0. The smallest absolute Gasteiger partial charge is 0.324 e. The van der Waals surface area contributed by atoms with Crippen LogP contribution in [0, 0.1) is 0 Å². The van der Waals surface area contributed by atoms with Gasteiger partial charge in [-0.2, -0.15) is 13.2 Å². The molecule has 0 heterocycles. The van der Waals surface area contributed by atoms with Gasteiger partial charge in [0.15, 0.2) is 0 Å². The van der Waals surface area contributed by atoms with Gasteiger partial charge in [-0.1, -0.05) is 72.8 Å². The summed E-state index contributed by atoms with van der Waals surface area (Å²) in [6.07, 6.45) is -4.54. The largest absolute Gasteiger partial charge is 0.418 e. The van der Waals surface area contributed by atoms with Gasteiger partial charge in [0.2, 0.25) is 5.91 Å². The van der Waals surface area contributed by atoms with Crippen LogP contribution < -0.4 is 10.6 Å². The molecule has 1 amide bonds. The van der Waals surface area contributed by atoms with E-state index in [1.807, 2.05) is 60.7 Å². The molecular formula is C23H21F3N2O. The third-order valence-electron chi connectivity index (χ3n) is 4.57. The zero-order valence-electron chi connectivity index (χ0n) is 15.8. The van der Waals surface area contributed by atoms with Crippen LogP contribution in [-0.2, 0) is 11.0 Å². The molecule has 0 bridgehead atoms. The van der Waals surface area contributed by atoms with Gasteiger partial charge in [0, 0.05) is 0 Å². The highest BCUT2D eigenvalue weighted by molar-refractivity contribution is 5.95. The van der Waals surface area contributed by atoms with Gasteiger partial charge in [0.1, 0.15) is 0 Å². The van der Waals surface area contributed by atoms with Crippen LogP contribution in [-0.4, -0.2) is 11.9 Å². The molecular weight excluding hydrogens is 377 g/mol. The molecule has 0 aromatic heterocycles. The Labute approximate surface area is 167 Å². The highest BCUT2D eigenvalue weighted by Gasteiger charge is 2.34. The first-order chi connectivity index (χ1) is 13.9. The maximum Gasteiger partial charge on any atom is 0.418 e. The van der Waals surface area contributed by atoms with Crippen LogP contribution in [0.5, 0.6) is 0 Å². The summed E-state index contributed by atoms with van der Waals surface area (Å²) in [6, 6.07) is 23.1. The van der Waals surface area contributed by atoms with Gasteiger partial charge in [-0.05, 0) is 30.2 Å². The normalized spacial score (nSPS) is 12.6. The van der Waals surface area contributed by atoms with Gasteiger partial charge in [-0.25, -0.2) is 0 Å². The van der Waals surface area contributed by atoms with E-state index in [1.54, 1.807) is 6.92 Å². The lowest BCUT2D eigenvalue weighted by atomic mass is 9.98. The van der Waals surface area contributed by atoms with Crippen molar-refractivity contribution in [2.45, 2.75) is 25.2 Å². The molecule has 0 saturated heterocycles. The van der Waals surface area contributed by atoms with Crippen LogP contribution in [0.25, 0.3) is 0 Å². The van der Waals surface area contributed by atoms with E-state index in [4.69, 9.17) is 0 Å². The average Bonchev–Trinajstić information content (AvgIpc) is 2.72. The maximum absolute atomic E-state index is 13.2. The Balaban J connectivity index is 1.80. The second kappa shape index (κ2) is 8.92. The Hall–Kier alpha value is -3.12. The first-order valence-electron chi connectivity index (χ1n) is 9.19. The Bertz CT molecular complexity index is 904. The Morgan fingerprint density at radius 1 is 0.793 bits per heavy atom. The number of benzene rings is 3. The summed E-state index contributed by atoms with van der Waals surface area (Å²) in [5.41, 5.74) is 0.779. The van der Waals surface area contributed by atoms with Crippen LogP contribution in [0.4, 0.5) is 18.9 Å². The van der Waals surface area contributed by atoms with Crippen molar-refractivity contribution >= 4 is 11.6 Å². The van der Waals surface area contributed by atoms with Gasteiger partial charge in [-0.15, -0.1) is 0 Å². The summed E-state index contributed by atoms with van der Waals surface area (Å²) in [6.45, 7) is 1.63. The van der Waals surface area contributed by atoms with Crippen molar-refractivity contribution in [1.29, 1.82) is 0 Å². The highest BCUT2D eigenvalue weighted by atomic mass is 19.4. The SMILES string of the molecule is CC(NC(c1ccccc1)c1ccccc1)C(=O)Nc1ccccc1C(F)(F)F. The standard InChI is InChI=1S/C23H21F3N2O/c1-16(22(29)28-20-15-9-8-14-19(20)23(24,25)26)27-21(17-10-4-2-5-11-17)18-12-6-3-7-13-18/h2-16,21,27H,1H3,(H,28,29). The van der Waals surface area contributed by atoms with E-state index in [0.717, 1.165) is 17.2 Å². The lowest BCUT2D eigenvalue weighted by Crippen LogP contribution is -2.40. The predicted octanol–water partition coefficient (Wildman–Crippen LogP) is 5.41. The van der Waals surface area contributed by atoms with E-state index < -0.39 is 23.7 Å². The van der Waals surface area contributed by atoms with Crippen molar-refractivity contribution in [2.24, 2.45) is 0 Å². The molecule has 0 aliphatic carbocycles. The van der Waals surface area contributed by atoms with E-state index in [2.05, 4.69) is 10.6 Å². The molecule has 3 aromatic rings. The number of halogens is 3. The van der Waals surface area contributed by atoms with Crippen molar-refractivity contribution in [1.82, 2.24) is 5.32 Å². The van der Waals surface area contributed by atoms with Gasteiger partial charge < -0.3 is 5.32 Å². The van der Waals surface area contributed by atoms with Crippen molar-refractivity contribution in [3.8, 4) is 0 Å². The maximum atomic E-state index is 13.2. The third kappa shape index (κ3) is 5.23. The van der Waals surface area contributed by atoms with Crippen LogP contribution in [0.3, 0.4) is 0 Å². The molecule has 3 aromatic carbocycles. The molecule has 3 nitrogen and oxygen atoms in total. The van der Waals surface area contributed by atoms with E-state index >= 15 is 0 Å². The first-order valence-corrected chi connectivity index (χ1v) is 9.19. The molecule has 0 spiro atoms. The van der Waals surface area contributed by atoms with Crippen molar-refractivity contribution in [3.63, 3.8) is 0 Å². The molecule has 0 saturated carbocycles. The van der Waals surface area contributed by atoms with E-state index in [0.29, 0.717) is 0 Å². The topological polar surface area (TPSA) is 41.1 Å². The van der Waals surface area contributed by atoms with Crippen LogP contribution >= 0.6 is 0 Å². The fraction of sp³-hybridized carbons (Fsp3) is 0.174. The summed E-state index contributed by atoms with van der Waals surface area (Å²) < 4.78 is 39.6. The van der Waals surface area contributed by atoms with Crippen LogP contribution in [0.1, 0.15) is 29.7 Å². The number of nitrogens with one attached hydrogen (secondary N) is 2. The lowest BCUT2D eigenvalue weighted by Gasteiger charge is -2.24. The highest BCUT2D eigenvalue weighted by Crippen LogP contribution is 2.34. The molecule has 3 rings (SSSR count). The summed E-state index contributed by atoms with van der Waals surface area (Å²) in [7, 11) is 0. The molecule has 150 valence electrons. The van der Waals surface area contributed by atoms with E-state index in [-0.39, 0.29) is 11.7 Å². The lowest BCUT2D eigenvalue weighted by molar-refractivity contribution is -0.137. The minimum Gasteiger partial charge on any atom is -0.324 e. The monoisotopic (exact) mass is 398 g/mol. The number of rotatable bonds is 6. The summed E-state index contributed by atoms with van der Waals surface area (Å²) in [5, 5.41) is 5.64. The summed E-state index contributed by atoms with van der Waals surface area (Å²) in [5.74, 6) is -0.543. The molecule has 2 N–H and O–H groups in total. The van der Waals surface area contributed by atoms with Crippen molar-refractivity contribution in [2.75, 3.05) is 5.32 Å². The molecule has 0 radical (unpaired) electrons. The van der Waals surface area contributed by atoms with Crippen LogP contribution in [0.2, 0.25) is 0 Å². The van der Waals surface area contributed by atoms with Gasteiger partial charge >= 0.3 is 6.18 Å². The zero-order valence-corrected chi connectivity index (χ0v) is 15.8.